The lowest BCUT2D eigenvalue weighted by atomic mass is 9.96. The minimum absolute atomic E-state index is 0.167. The van der Waals surface area contributed by atoms with E-state index in [1.54, 1.807) is 18.1 Å². The van der Waals surface area contributed by atoms with Crippen LogP contribution in [-0.2, 0) is 6.42 Å². The first-order chi connectivity index (χ1) is 11.1. The molecule has 2 rings (SSSR count). The van der Waals surface area contributed by atoms with E-state index >= 15 is 0 Å². The second-order valence-corrected chi connectivity index (χ2v) is 7.50. The molecule has 1 aromatic heterocycles. The van der Waals surface area contributed by atoms with Crippen LogP contribution in [0.2, 0.25) is 0 Å². The summed E-state index contributed by atoms with van der Waals surface area (Å²) in [6.07, 6.45) is 4.44. The van der Waals surface area contributed by atoms with Gasteiger partial charge in [-0.3, -0.25) is 10.8 Å². The van der Waals surface area contributed by atoms with Crippen LogP contribution in [0.1, 0.15) is 29.7 Å². The van der Waals surface area contributed by atoms with Crippen LogP contribution in [-0.4, -0.2) is 31.7 Å². The number of nitrogens with zero attached hydrogens (tertiary/aromatic N) is 1. The predicted octanol–water partition coefficient (Wildman–Crippen LogP) is 3.44. The number of nitrogens with two attached hydrogens (primary N) is 1. The van der Waals surface area contributed by atoms with Crippen LogP contribution >= 0.6 is 23.5 Å². The van der Waals surface area contributed by atoms with Crippen LogP contribution in [0, 0.1) is 10.8 Å². The molecule has 122 valence electrons. The van der Waals surface area contributed by atoms with Gasteiger partial charge in [0.1, 0.15) is 0 Å². The Morgan fingerprint density at radius 3 is 2.57 bits per heavy atom. The average Bonchev–Trinajstić information content (AvgIpc) is 3.02. The molecule has 2 aromatic rings. The van der Waals surface area contributed by atoms with Crippen LogP contribution < -0.4 is 5.73 Å². The quantitative estimate of drug-likeness (QED) is 0.455. The molecule has 0 amide bonds. The largest absolute Gasteiger partial charge is 0.379 e. The third kappa shape index (κ3) is 5.76. The first-order valence-corrected chi connectivity index (χ1v) is 9.25. The van der Waals surface area contributed by atoms with Crippen molar-refractivity contribution in [2.45, 2.75) is 19.3 Å². The lowest BCUT2D eigenvalue weighted by Gasteiger charge is -2.16. The van der Waals surface area contributed by atoms with Gasteiger partial charge in [-0.1, -0.05) is 36.0 Å². The van der Waals surface area contributed by atoms with E-state index in [2.05, 4.69) is 34.2 Å². The average molecular weight is 348 g/mol. The Morgan fingerprint density at radius 1 is 1.26 bits per heavy atom. The molecule has 5 N–H and O–H groups in total. The molecule has 0 saturated heterocycles. The molecule has 0 aliphatic carbocycles. The van der Waals surface area contributed by atoms with Crippen LogP contribution in [0.5, 0.6) is 0 Å². The van der Waals surface area contributed by atoms with Crippen LogP contribution in [0.3, 0.4) is 0 Å². The number of thioether (sulfide) groups is 2. The number of aryl methyl sites for hydroxylation is 1. The maximum absolute atomic E-state index is 7.63. The van der Waals surface area contributed by atoms with E-state index < -0.39 is 0 Å². The molecule has 0 fully saturated rings. The van der Waals surface area contributed by atoms with E-state index in [4.69, 9.17) is 16.6 Å². The Kier molecular flexibility index (Phi) is 6.73. The van der Waals surface area contributed by atoms with E-state index in [1.807, 2.05) is 13.1 Å². The fraction of sp³-hybridized carbons (Fsp3) is 0.312. The highest BCUT2D eigenvalue weighted by Gasteiger charge is 2.16. The van der Waals surface area contributed by atoms with Crippen molar-refractivity contribution < 1.29 is 0 Å². The molecule has 0 spiro atoms. The molecule has 1 atom stereocenters. The zero-order chi connectivity index (χ0) is 16.7. The first-order valence-electron chi connectivity index (χ1n) is 7.28. The van der Waals surface area contributed by atoms with E-state index in [1.165, 1.54) is 22.9 Å². The normalized spacial score (nSPS) is 12.0. The smallest absolute Gasteiger partial charge is 0.151 e. The van der Waals surface area contributed by atoms with Crippen LogP contribution in [0.4, 0.5) is 0 Å². The van der Waals surface area contributed by atoms with Gasteiger partial charge in [-0.2, -0.15) is 0 Å². The molecular formula is C16H21N5S2. The van der Waals surface area contributed by atoms with Gasteiger partial charge < -0.3 is 10.7 Å². The lowest BCUT2D eigenvalue weighted by Crippen LogP contribution is -2.07. The molecule has 23 heavy (non-hydrogen) atoms. The van der Waals surface area contributed by atoms with Gasteiger partial charge in [0, 0.05) is 29.3 Å². The molecule has 0 aliphatic rings. The molecule has 0 unspecified atom stereocenters. The number of hydrogen-bond acceptors (Lipinski definition) is 5. The standard InChI is InChI=1S/C16H21N5S2/c1-11(17)23-9-14(15-8-20-10-21-15)13-4-2-12(3-5-13)6-7-22-16(18)19/h2-5,8,10,14,17H,6-7,9H2,1H3,(H3,18,19)(H,20,21)/t14-/m0/s1. The maximum Gasteiger partial charge on any atom is 0.151 e. The van der Waals surface area contributed by atoms with Crippen LogP contribution in [0.25, 0.3) is 0 Å². The summed E-state index contributed by atoms with van der Waals surface area (Å²) in [7, 11) is 0. The van der Waals surface area contributed by atoms with Crippen molar-refractivity contribution in [2.75, 3.05) is 11.5 Å². The van der Waals surface area contributed by atoms with Gasteiger partial charge in [-0.15, -0.1) is 11.8 Å². The predicted molar refractivity (Wildman–Crippen MR) is 101 cm³/mol. The van der Waals surface area contributed by atoms with Gasteiger partial charge in [0.15, 0.2) is 5.17 Å². The summed E-state index contributed by atoms with van der Waals surface area (Å²) in [5.74, 6) is 1.84. The van der Waals surface area contributed by atoms with Crippen molar-refractivity contribution in [3.63, 3.8) is 0 Å². The Hall–Kier alpha value is -1.73. The minimum Gasteiger partial charge on any atom is -0.379 e. The molecule has 0 bridgehead atoms. The van der Waals surface area contributed by atoms with E-state index in [0.717, 1.165) is 23.6 Å². The summed E-state index contributed by atoms with van der Waals surface area (Å²) in [6.45, 7) is 1.81. The SMILES string of the molecule is CC(=N)SC[C@@H](c1ccc(CCSC(=N)N)cc1)c1cnc[nH]1. The van der Waals surface area contributed by atoms with Gasteiger partial charge in [0.05, 0.1) is 11.4 Å². The second-order valence-electron chi connectivity index (χ2n) is 5.13. The highest BCUT2D eigenvalue weighted by Crippen LogP contribution is 2.27. The van der Waals surface area contributed by atoms with E-state index in [9.17, 15) is 0 Å². The van der Waals surface area contributed by atoms with Gasteiger partial charge in [0.2, 0.25) is 0 Å². The molecular weight excluding hydrogens is 326 g/mol. The zero-order valence-corrected chi connectivity index (χ0v) is 14.6. The molecule has 0 aliphatic heterocycles. The highest BCUT2D eigenvalue weighted by atomic mass is 32.2. The molecule has 1 aromatic carbocycles. The highest BCUT2D eigenvalue weighted by molar-refractivity contribution is 8.13. The fourth-order valence-corrected chi connectivity index (χ4v) is 3.57. The summed E-state index contributed by atoms with van der Waals surface area (Å²) in [4.78, 5) is 7.30. The molecule has 7 heteroatoms. The Labute approximate surface area is 144 Å². The number of aromatic nitrogens is 2. The molecule has 0 radical (unpaired) electrons. The minimum atomic E-state index is 0.167. The topological polar surface area (TPSA) is 102 Å². The zero-order valence-electron chi connectivity index (χ0n) is 13.0. The molecule has 1 heterocycles. The van der Waals surface area contributed by atoms with Crippen molar-refractivity contribution in [1.82, 2.24) is 9.97 Å². The van der Waals surface area contributed by atoms with Crippen LogP contribution in [0.15, 0.2) is 36.8 Å². The third-order valence-corrected chi connectivity index (χ3v) is 5.04. The van der Waals surface area contributed by atoms with Gasteiger partial charge in [-0.05, 0) is 24.5 Å². The summed E-state index contributed by atoms with van der Waals surface area (Å²) >= 11 is 2.92. The maximum atomic E-state index is 7.63. The number of benzene rings is 1. The van der Waals surface area contributed by atoms with Crippen molar-refractivity contribution in [2.24, 2.45) is 5.73 Å². The fourth-order valence-electron chi connectivity index (χ4n) is 2.23. The number of amidine groups is 1. The van der Waals surface area contributed by atoms with E-state index in [0.29, 0.717) is 5.04 Å². The Morgan fingerprint density at radius 2 is 2.00 bits per heavy atom. The molecule has 5 nitrogen and oxygen atoms in total. The monoisotopic (exact) mass is 347 g/mol. The Bertz CT molecular complexity index is 637. The van der Waals surface area contributed by atoms with Gasteiger partial charge >= 0.3 is 0 Å². The van der Waals surface area contributed by atoms with Gasteiger partial charge in [0.25, 0.3) is 0 Å². The van der Waals surface area contributed by atoms with Crippen molar-refractivity contribution in [3.05, 3.63) is 53.6 Å². The summed E-state index contributed by atoms with van der Waals surface area (Å²) in [5.41, 5.74) is 8.87. The third-order valence-electron chi connectivity index (χ3n) is 3.39. The summed E-state index contributed by atoms with van der Waals surface area (Å²) in [5, 5.41) is 15.6. The summed E-state index contributed by atoms with van der Waals surface area (Å²) in [6, 6.07) is 8.53. The van der Waals surface area contributed by atoms with Crippen molar-refractivity contribution in [3.8, 4) is 0 Å². The van der Waals surface area contributed by atoms with Gasteiger partial charge in [-0.25, -0.2) is 4.98 Å². The Balaban J connectivity index is 2.06. The summed E-state index contributed by atoms with van der Waals surface area (Å²) < 4.78 is 0. The number of hydrogen-bond donors (Lipinski definition) is 4. The second kappa shape index (κ2) is 8.79. The first kappa shape index (κ1) is 17.6. The molecule has 0 saturated carbocycles. The lowest BCUT2D eigenvalue weighted by molar-refractivity contribution is 0.896. The number of aromatic amines is 1. The van der Waals surface area contributed by atoms with Crippen molar-refractivity contribution >= 4 is 33.7 Å². The number of H-pyrrole nitrogens is 1. The number of imidazole rings is 1. The van der Waals surface area contributed by atoms with E-state index in [-0.39, 0.29) is 11.1 Å². The number of rotatable bonds is 7. The number of nitrogens with one attached hydrogen (secondary N) is 3. The van der Waals surface area contributed by atoms with Crippen molar-refractivity contribution in [1.29, 1.82) is 10.8 Å².